The summed E-state index contributed by atoms with van der Waals surface area (Å²) < 4.78 is 1.71. The van der Waals surface area contributed by atoms with Gasteiger partial charge in [0.25, 0.3) is 5.91 Å². The third-order valence-electron chi connectivity index (χ3n) is 3.94. The van der Waals surface area contributed by atoms with Crippen LogP contribution in [-0.4, -0.2) is 44.4 Å². The number of amides is 1. The lowest BCUT2D eigenvalue weighted by molar-refractivity contribution is 0.0360. The van der Waals surface area contributed by atoms with Crippen molar-refractivity contribution in [1.82, 2.24) is 14.7 Å². The summed E-state index contributed by atoms with van der Waals surface area (Å²) in [6.45, 7) is 2.55. The zero-order valence-electron chi connectivity index (χ0n) is 12.0. The molecule has 1 saturated heterocycles. The number of aliphatic hydroxyl groups excluding tert-OH is 1. The molecule has 1 aliphatic heterocycles. The Bertz CT molecular complexity index is 623. The van der Waals surface area contributed by atoms with Crippen LogP contribution in [0.2, 0.25) is 0 Å². The van der Waals surface area contributed by atoms with E-state index < -0.39 is 0 Å². The van der Waals surface area contributed by atoms with Crippen molar-refractivity contribution in [2.24, 2.45) is 0 Å². The molecular weight excluding hydrogens is 266 g/mol. The van der Waals surface area contributed by atoms with Gasteiger partial charge in [-0.05, 0) is 38.0 Å². The third-order valence-corrected chi connectivity index (χ3v) is 3.94. The molecule has 1 aliphatic rings. The van der Waals surface area contributed by atoms with Crippen LogP contribution in [0.5, 0.6) is 0 Å². The Balaban J connectivity index is 1.78. The second-order valence-electron chi connectivity index (χ2n) is 5.51. The number of hydrogen-bond donors (Lipinski definition) is 1. The number of carbonyl (C=O) groups excluding carboxylic acids is 1. The molecule has 1 amide bonds. The lowest BCUT2D eigenvalue weighted by Gasteiger charge is -2.35. The highest BCUT2D eigenvalue weighted by Gasteiger charge is 2.29. The number of aliphatic hydroxyl groups is 1. The Labute approximate surface area is 123 Å². The van der Waals surface area contributed by atoms with Crippen molar-refractivity contribution in [1.29, 1.82) is 0 Å². The fraction of sp³-hybridized carbons (Fsp3) is 0.375. The quantitative estimate of drug-likeness (QED) is 0.916. The molecular formula is C16H19N3O2. The summed E-state index contributed by atoms with van der Waals surface area (Å²) in [5, 5.41) is 14.0. The standard InChI is InChI=1S/C16H19N3O2/c1-12-11-14(20)7-9-18(12)16(21)15-8-10-19(17-15)13-5-3-2-4-6-13/h2-6,8,10,12,14,20H,7,9,11H2,1H3. The summed E-state index contributed by atoms with van der Waals surface area (Å²) in [6, 6.07) is 11.5. The summed E-state index contributed by atoms with van der Waals surface area (Å²) in [7, 11) is 0. The van der Waals surface area contributed by atoms with Gasteiger partial charge in [-0.15, -0.1) is 0 Å². The van der Waals surface area contributed by atoms with Gasteiger partial charge in [-0.2, -0.15) is 5.10 Å². The number of aromatic nitrogens is 2. The Kier molecular flexibility index (Phi) is 3.75. The molecule has 2 unspecified atom stereocenters. The van der Waals surface area contributed by atoms with Crippen LogP contribution in [-0.2, 0) is 0 Å². The van der Waals surface area contributed by atoms with E-state index in [4.69, 9.17) is 0 Å². The molecule has 5 nitrogen and oxygen atoms in total. The zero-order valence-corrected chi connectivity index (χ0v) is 12.0. The summed E-state index contributed by atoms with van der Waals surface area (Å²) in [5.41, 5.74) is 1.38. The van der Waals surface area contributed by atoms with Gasteiger partial charge in [0.05, 0.1) is 11.8 Å². The second-order valence-corrected chi connectivity index (χ2v) is 5.51. The van der Waals surface area contributed by atoms with E-state index in [9.17, 15) is 9.90 Å². The van der Waals surface area contributed by atoms with Crippen molar-refractivity contribution in [2.75, 3.05) is 6.54 Å². The Morgan fingerprint density at radius 2 is 2.05 bits per heavy atom. The van der Waals surface area contributed by atoms with Crippen molar-refractivity contribution in [3.8, 4) is 5.69 Å². The smallest absolute Gasteiger partial charge is 0.274 e. The normalized spacial score (nSPS) is 22.3. The van der Waals surface area contributed by atoms with Gasteiger partial charge in [0.1, 0.15) is 0 Å². The van der Waals surface area contributed by atoms with Crippen molar-refractivity contribution in [3.63, 3.8) is 0 Å². The lowest BCUT2D eigenvalue weighted by Crippen LogP contribution is -2.46. The maximum absolute atomic E-state index is 12.5. The summed E-state index contributed by atoms with van der Waals surface area (Å²) >= 11 is 0. The number of carbonyl (C=O) groups is 1. The topological polar surface area (TPSA) is 58.4 Å². The molecule has 2 aromatic rings. The average molecular weight is 285 g/mol. The monoisotopic (exact) mass is 285 g/mol. The first kappa shape index (κ1) is 13.8. The fourth-order valence-electron chi connectivity index (χ4n) is 2.76. The van der Waals surface area contributed by atoms with Crippen LogP contribution in [0.4, 0.5) is 0 Å². The minimum absolute atomic E-state index is 0.0446. The van der Waals surface area contributed by atoms with Gasteiger partial charge in [-0.3, -0.25) is 4.79 Å². The van der Waals surface area contributed by atoms with Crippen LogP contribution in [0, 0.1) is 0 Å². The number of rotatable bonds is 2. The van der Waals surface area contributed by atoms with Crippen LogP contribution >= 0.6 is 0 Å². The summed E-state index contributed by atoms with van der Waals surface area (Å²) in [5.74, 6) is -0.0657. The molecule has 0 bridgehead atoms. The molecule has 1 aromatic heterocycles. The van der Waals surface area contributed by atoms with Gasteiger partial charge in [-0.1, -0.05) is 18.2 Å². The van der Waals surface area contributed by atoms with Crippen LogP contribution in [0.25, 0.3) is 5.69 Å². The molecule has 1 fully saturated rings. The molecule has 2 atom stereocenters. The Hall–Kier alpha value is -2.14. The van der Waals surface area contributed by atoms with Crippen molar-refractivity contribution in [3.05, 3.63) is 48.3 Å². The first-order chi connectivity index (χ1) is 10.1. The van der Waals surface area contributed by atoms with Gasteiger partial charge in [0.2, 0.25) is 0 Å². The van der Waals surface area contributed by atoms with Gasteiger partial charge < -0.3 is 10.0 Å². The van der Waals surface area contributed by atoms with Crippen LogP contribution in [0.15, 0.2) is 42.6 Å². The van der Waals surface area contributed by atoms with Gasteiger partial charge in [-0.25, -0.2) is 4.68 Å². The van der Waals surface area contributed by atoms with Crippen molar-refractivity contribution >= 4 is 5.91 Å². The number of benzene rings is 1. The molecule has 0 radical (unpaired) electrons. The number of hydrogen-bond acceptors (Lipinski definition) is 3. The van der Waals surface area contributed by atoms with E-state index in [1.807, 2.05) is 37.3 Å². The Morgan fingerprint density at radius 1 is 1.29 bits per heavy atom. The van der Waals surface area contributed by atoms with E-state index in [1.54, 1.807) is 21.8 Å². The fourth-order valence-corrected chi connectivity index (χ4v) is 2.76. The largest absolute Gasteiger partial charge is 0.393 e. The van der Waals surface area contributed by atoms with Gasteiger partial charge in [0.15, 0.2) is 5.69 Å². The molecule has 1 N–H and O–H groups in total. The maximum Gasteiger partial charge on any atom is 0.274 e. The summed E-state index contributed by atoms with van der Waals surface area (Å²) in [4.78, 5) is 14.3. The van der Waals surface area contributed by atoms with E-state index >= 15 is 0 Å². The summed E-state index contributed by atoms with van der Waals surface area (Å²) in [6.07, 6.45) is 2.76. The number of para-hydroxylation sites is 1. The molecule has 110 valence electrons. The average Bonchev–Trinajstić information content (AvgIpc) is 2.97. The minimum Gasteiger partial charge on any atom is -0.393 e. The van der Waals surface area contributed by atoms with E-state index in [0.29, 0.717) is 25.1 Å². The lowest BCUT2D eigenvalue weighted by atomic mass is 10.0. The number of likely N-dealkylation sites (tertiary alicyclic amines) is 1. The third kappa shape index (κ3) is 2.83. The van der Waals surface area contributed by atoms with Crippen LogP contribution in [0.1, 0.15) is 30.3 Å². The van der Waals surface area contributed by atoms with Gasteiger partial charge in [0, 0.05) is 18.8 Å². The van der Waals surface area contributed by atoms with Crippen molar-refractivity contribution < 1.29 is 9.90 Å². The van der Waals surface area contributed by atoms with E-state index in [-0.39, 0.29) is 18.1 Å². The molecule has 0 aliphatic carbocycles. The molecule has 21 heavy (non-hydrogen) atoms. The Morgan fingerprint density at radius 3 is 2.76 bits per heavy atom. The number of piperidine rings is 1. The van der Waals surface area contributed by atoms with Crippen LogP contribution in [0.3, 0.4) is 0 Å². The highest BCUT2D eigenvalue weighted by atomic mass is 16.3. The molecule has 1 aromatic carbocycles. The number of nitrogens with zero attached hydrogens (tertiary/aromatic N) is 3. The molecule has 3 rings (SSSR count). The molecule has 0 spiro atoms. The molecule has 0 saturated carbocycles. The highest BCUT2D eigenvalue weighted by Crippen LogP contribution is 2.19. The van der Waals surface area contributed by atoms with Crippen molar-refractivity contribution in [2.45, 2.75) is 31.9 Å². The van der Waals surface area contributed by atoms with E-state index in [2.05, 4.69) is 5.10 Å². The first-order valence-corrected chi connectivity index (χ1v) is 7.25. The predicted molar refractivity (Wildman–Crippen MR) is 79.3 cm³/mol. The van der Waals surface area contributed by atoms with E-state index in [1.165, 1.54) is 0 Å². The maximum atomic E-state index is 12.5. The molecule has 2 heterocycles. The SMILES string of the molecule is CC1CC(O)CCN1C(=O)c1ccn(-c2ccccc2)n1. The molecule has 5 heteroatoms. The second kappa shape index (κ2) is 5.69. The zero-order chi connectivity index (χ0) is 14.8. The van der Waals surface area contributed by atoms with E-state index in [0.717, 1.165) is 5.69 Å². The van der Waals surface area contributed by atoms with Gasteiger partial charge >= 0.3 is 0 Å². The first-order valence-electron chi connectivity index (χ1n) is 7.25. The van der Waals surface area contributed by atoms with Crippen LogP contribution < -0.4 is 0 Å². The minimum atomic E-state index is -0.300. The predicted octanol–water partition coefficient (Wildman–Crippen LogP) is 1.86. The highest BCUT2D eigenvalue weighted by molar-refractivity contribution is 5.92.